The number of guanidine groups is 1. The zero-order valence-electron chi connectivity index (χ0n) is 13.3. The molecular weight excluding hydrogens is 381 g/mol. The number of nitrogens with zero attached hydrogens (tertiary/aromatic N) is 2. The van der Waals surface area contributed by atoms with Gasteiger partial charge in [-0.2, -0.15) is 11.8 Å². The largest absolute Gasteiger partial charge is 0.355 e. The van der Waals surface area contributed by atoms with E-state index in [1.807, 2.05) is 18.8 Å². The monoisotopic (exact) mass is 411 g/mol. The lowest BCUT2D eigenvalue weighted by molar-refractivity contribution is 0.299. The first-order valence-electron chi connectivity index (χ1n) is 7.56. The molecule has 0 bridgehead atoms. The summed E-state index contributed by atoms with van der Waals surface area (Å²) < 4.78 is 0.266. The van der Waals surface area contributed by atoms with Gasteiger partial charge >= 0.3 is 0 Å². The Bertz CT molecular complexity index is 319. The number of fused-ring (bicyclic) bond motifs is 1. The third-order valence-corrected chi connectivity index (χ3v) is 5.96. The van der Waals surface area contributed by atoms with E-state index in [9.17, 15) is 0 Å². The smallest absolute Gasteiger partial charge is 0.193 e. The van der Waals surface area contributed by atoms with E-state index in [-0.39, 0.29) is 28.7 Å². The molecule has 0 spiro atoms. The van der Waals surface area contributed by atoms with E-state index in [0.717, 1.165) is 24.3 Å². The van der Waals surface area contributed by atoms with Crippen LogP contribution in [-0.4, -0.2) is 48.5 Å². The van der Waals surface area contributed by atoms with Crippen molar-refractivity contribution < 1.29 is 0 Å². The highest BCUT2D eigenvalue weighted by molar-refractivity contribution is 14.0. The van der Waals surface area contributed by atoms with Gasteiger partial charge in [-0.25, -0.2) is 0 Å². The molecule has 20 heavy (non-hydrogen) atoms. The van der Waals surface area contributed by atoms with Gasteiger partial charge in [0.25, 0.3) is 0 Å². The van der Waals surface area contributed by atoms with Crippen molar-refractivity contribution in [2.24, 2.45) is 16.8 Å². The minimum absolute atomic E-state index is 0. The lowest BCUT2D eigenvalue weighted by atomic mass is 9.82. The standard InChI is InChI=1S/C15H29N3S.HI/c1-15(2,19-4)11-17-14(16-3)18-9-12-7-5-6-8-13(12)10-18;/h12-13H,5-11H2,1-4H3,(H,16,17);1H. The molecule has 5 heteroatoms. The number of hydrogen-bond donors (Lipinski definition) is 1. The molecule has 2 aliphatic rings. The molecule has 0 radical (unpaired) electrons. The van der Waals surface area contributed by atoms with Crippen molar-refractivity contribution in [3.05, 3.63) is 0 Å². The van der Waals surface area contributed by atoms with Crippen molar-refractivity contribution in [2.45, 2.75) is 44.3 Å². The molecule has 2 fully saturated rings. The van der Waals surface area contributed by atoms with Crippen LogP contribution >= 0.6 is 35.7 Å². The maximum absolute atomic E-state index is 4.49. The van der Waals surface area contributed by atoms with E-state index in [1.54, 1.807) is 0 Å². The zero-order chi connectivity index (χ0) is 13.9. The first-order chi connectivity index (χ1) is 9.05. The van der Waals surface area contributed by atoms with Gasteiger partial charge in [0.05, 0.1) is 0 Å². The maximum Gasteiger partial charge on any atom is 0.193 e. The quantitative estimate of drug-likeness (QED) is 0.438. The van der Waals surface area contributed by atoms with Crippen LogP contribution < -0.4 is 5.32 Å². The molecule has 0 aromatic carbocycles. The van der Waals surface area contributed by atoms with Gasteiger partial charge in [-0.1, -0.05) is 12.8 Å². The summed E-state index contributed by atoms with van der Waals surface area (Å²) in [5, 5.41) is 3.57. The molecule has 1 N–H and O–H groups in total. The fraction of sp³-hybridized carbons (Fsp3) is 0.933. The molecule has 0 aromatic heterocycles. The molecule has 1 aliphatic carbocycles. The van der Waals surface area contributed by atoms with Gasteiger partial charge in [-0.05, 0) is 44.8 Å². The molecule has 1 saturated carbocycles. The van der Waals surface area contributed by atoms with Crippen LogP contribution in [0.2, 0.25) is 0 Å². The van der Waals surface area contributed by atoms with Gasteiger partial charge in [-0.15, -0.1) is 24.0 Å². The molecule has 0 amide bonds. The van der Waals surface area contributed by atoms with Crippen molar-refractivity contribution >= 4 is 41.7 Å². The molecule has 1 saturated heterocycles. The van der Waals surface area contributed by atoms with E-state index < -0.39 is 0 Å². The van der Waals surface area contributed by atoms with Crippen LogP contribution in [-0.2, 0) is 0 Å². The fourth-order valence-electron chi connectivity index (χ4n) is 3.28. The van der Waals surface area contributed by atoms with Crippen molar-refractivity contribution in [1.82, 2.24) is 10.2 Å². The van der Waals surface area contributed by atoms with Crippen LogP contribution in [0.4, 0.5) is 0 Å². The van der Waals surface area contributed by atoms with E-state index in [1.165, 1.54) is 38.8 Å². The molecule has 1 heterocycles. The molecule has 118 valence electrons. The number of rotatable bonds is 3. The Kier molecular flexibility index (Phi) is 7.46. The van der Waals surface area contributed by atoms with E-state index >= 15 is 0 Å². The summed E-state index contributed by atoms with van der Waals surface area (Å²) in [6.07, 6.45) is 7.89. The van der Waals surface area contributed by atoms with Crippen LogP contribution in [0.3, 0.4) is 0 Å². The summed E-state index contributed by atoms with van der Waals surface area (Å²) in [6, 6.07) is 0. The van der Waals surface area contributed by atoms with E-state index in [4.69, 9.17) is 0 Å². The third-order valence-electron chi connectivity index (χ3n) is 4.71. The topological polar surface area (TPSA) is 27.6 Å². The molecule has 2 unspecified atom stereocenters. The summed E-state index contributed by atoms with van der Waals surface area (Å²) in [4.78, 5) is 6.97. The summed E-state index contributed by atoms with van der Waals surface area (Å²) in [6.45, 7) is 7.96. The Hall–Kier alpha value is 0.350. The van der Waals surface area contributed by atoms with E-state index in [2.05, 4.69) is 35.3 Å². The third kappa shape index (κ3) is 4.68. The van der Waals surface area contributed by atoms with Crippen LogP contribution in [0.25, 0.3) is 0 Å². The van der Waals surface area contributed by atoms with Crippen LogP contribution in [0, 0.1) is 11.8 Å². The second-order valence-electron chi connectivity index (χ2n) is 6.57. The average molecular weight is 411 g/mol. The van der Waals surface area contributed by atoms with Gasteiger partial charge in [-0.3, -0.25) is 4.99 Å². The fourth-order valence-corrected chi connectivity index (χ4v) is 3.49. The molecule has 2 rings (SSSR count). The highest BCUT2D eigenvalue weighted by atomic mass is 127. The molecular formula is C15H30IN3S. The van der Waals surface area contributed by atoms with Gasteiger partial charge in [0.1, 0.15) is 0 Å². The van der Waals surface area contributed by atoms with Crippen LogP contribution in [0.1, 0.15) is 39.5 Å². The second-order valence-corrected chi connectivity index (χ2v) is 8.09. The summed E-state index contributed by atoms with van der Waals surface area (Å²) >= 11 is 1.91. The highest BCUT2D eigenvalue weighted by Crippen LogP contribution is 2.36. The average Bonchev–Trinajstić information content (AvgIpc) is 2.83. The second kappa shape index (κ2) is 8.11. The van der Waals surface area contributed by atoms with Crippen molar-refractivity contribution in [1.29, 1.82) is 0 Å². The first kappa shape index (κ1) is 18.4. The van der Waals surface area contributed by atoms with Gasteiger partial charge < -0.3 is 10.2 Å². The zero-order valence-corrected chi connectivity index (χ0v) is 16.5. The lowest BCUT2D eigenvalue weighted by Crippen LogP contribution is -2.45. The highest BCUT2D eigenvalue weighted by Gasteiger charge is 2.35. The maximum atomic E-state index is 4.49. The van der Waals surface area contributed by atoms with Crippen molar-refractivity contribution in [3.63, 3.8) is 0 Å². The Morgan fingerprint density at radius 1 is 1.25 bits per heavy atom. The van der Waals surface area contributed by atoms with Crippen LogP contribution in [0.15, 0.2) is 4.99 Å². The Morgan fingerprint density at radius 3 is 2.25 bits per heavy atom. The molecule has 0 aromatic rings. The number of aliphatic imine (C=N–C) groups is 1. The Morgan fingerprint density at radius 2 is 1.80 bits per heavy atom. The number of halogens is 1. The number of hydrogen-bond acceptors (Lipinski definition) is 2. The Balaban J connectivity index is 0.00000200. The van der Waals surface area contributed by atoms with Crippen LogP contribution in [0.5, 0.6) is 0 Å². The molecule has 1 aliphatic heterocycles. The SMILES string of the molecule is CN=C(NCC(C)(C)SC)N1CC2CCCCC2C1.I. The van der Waals surface area contributed by atoms with Gasteiger partial charge in [0.15, 0.2) is 5.96 Å². The summed E-state index contributed by atoms with van der Waals surface area (Å²) in [7, 11) is 1.91. The minimum atomic E-state index is 0. The summed E-state index contributed by atoms with van der Waals surface area (Å²) in [5.74, 6) is 2.94. The predicted octanol–water partition coefficient (Wildman–Crippen LogP) is 3.44. The predicted molar refractivity (Wildman–Crippen MR) is 101 cm³/mol. The normalized spacial score (nSPS) is 27.0. The van der Waals surface area contributed by atoms with Crippen molar-refractivity contribution in [3.8, 4) is 0 Å². The van der Waals surface area contributed by atoms with Gasteiger partial charge in [0.2, 0.25) is 0 Å². The lowest BCUT2D eigenvalue weighted by Gasteiger charge is -2.27. The molecule has 3 nitrogen and oxygen atoms in total. The summed E-state index contributed by atoms with van der Waals surface area (Å²) in [5.41, 5.74) is 0. The number of thioether (sulfide) groups is 1. The minimum Gasteiger partial charge on any atom is -0.355 e. The van der Waals surface area contributed by atoms with E-state index in [0.29, 0.717) is 0 Å². The van der Waals surface area contributed by atoms with Gasteiger partial charge in [0, 0.05) is 31.4 Å². The number of likely N-dealkylation sites (tertiary alicyclic amines) is 1. The first-order valence-corrected chi connectivity index (χ1v) is 8.79. The number of nitrogens with one attached hydrogen (secondary N) is 1. The molecule has 2 atom stereocenters. The van der Waals surface area contributed by atoms with Crippen molar-refractivity contribution in [2.75, 3.05) is 32.9 Å². The Labute approximate surface area is 145 Å².